The number of piperazine rings is 1. The van der Waals surface area contributed by atoms with Crippen LogP contribution in [0.5, 0.6) is 0 Å². The Morgan fingerprint density at radius 2 is 2.11 bits per heavy atom. The fourth-order valence-corrected chi connectivity index (χ4v) is 4.62. The molecule has 1 saturated heterocycles. The zero-order valence-electron chi connectivity index (χ0n) is 15.2. The third-order valence-corrected chi connectivity index (χ3v) is 6.21. The lowest BCUT2D eigenvalue weighted by molar-refractivity contribution is 0.0661. The van der Waals surface area contributed by atoms with Gasteiger partial charge in [0.25, 0.3) is 5.91 Å². The number of halogens is 2. The smallest absolute Gasteiger partial charge is 0.264 e. The second kappa shape index (κ2) is 8.19. The fourth-order valence-electron chi connectivity index (χ4n) is 3.37. The van der Waals surface area contributed by atoms with Crippen molar-refractivity contribution in [1.29, 1.82) is 0 Å². The molecular formula is C19H22Cl2N4OS. The summed E-state index contributed by atoms with van der Waals surface area (Å²) in [5.41, 5.74) is 2.09. The predicted octanol–water partition coefficient (Wildman–Crippen LogP) is 3.96. The Labute approximate surface area is 173 Å². The average molecular weight is 425 g/mol. The summed E-state index contributed by atoms with van der Waals surface area (Å²) in [7, 11) is 0. The standard InChI is InChI=1S/C19H21ClN4OS.ClH/c1-12-10-21-7-8-23(12)18(25)17-9-16-13(2)22-24(19(16)26-17)11-14-3-5-15(20)6-4-14;/h3-6,9,12,21H,7-8,10-11H2,1-2H3;1H. The van der Waals surface area contributed by atoms with Crippen molar-refractivity contribution in [1.82, 2.24) is 20.0 Å². The molecule has 0 saturated carbocycles. The van der Waals surface area contributed by atoms with Crippen LogP contribution in [0.15, 0.2) is 30.3 Å². The fraction of sp³-hybridized carbons (Fsp3) is 0.368. The number of amides is 1. The topological polar surface area (TPSA) is 50.2 Å². The molecule has 3 heterocycles. The number of nitrogens with zero attached hydrogens (tertiary/aromatic N) is 3. The molecule has 0 spiro atoms. The highest BCUT2D eigenvalue weighted by Crippen LogP contribution is 2.30. The van der Waals surface area contributed by atoms with Gasteiger partial charge in [0.15, 0.2) is 0 Å². The van der Waals surface area contributed by atoms with Gasteiger partial charge in [-0.15, -0.1) is 23.7 Å². The lowest BCUT2D eigenvalue weighted by Crippen LogP contribution is -2.52. The van der Waals surface area contributed by atoms with Gasteiger partial charge in [-0.2, -0.15) is 5.10 Å². The van der Waals surface area contributed by atoms with Crippen LogP contribution in [-0.2, 0) is 6.54 Å². The lowest BCUT2D eigenvalue weighted by atomic mass is 10.2. The quantitative estimate of drug-likeness (QED) is 0.691. The van der Waals surface area contributed by atoms with E-state index < -0.39 is 0 Å². The Bertz CT molecular complexity index is 951. The average Bonchev–Trinajstić information content (AvgIpc) is 3.19. The van der Waals surface area contributed by atoms with E-state index in [0.717, 1.165) is 51.0 Å². The van der Waals surface area contributed by atoms with E-state index in [0.29, 0.717) is 6.54 Å². The van der Waals surface area contributed by atoms with E-state index in [-0.39, 0.29) is 24.4 Å². The van der Waals surface area contributed by atoms with E-state index >= 15 is 0 Å². The number of carbonyl (C=O) groups excluding carboxylic acids is 1. The summed E-state index contributed by atoms with van der Waals surface area (Å²) in [4.78, 5) is 16.8. The number of carbonyl (C=O) groups is 1. The van der Waals surface area contributed by atoms with Gasteiger partial charge in [0, 0.05) is 36.1 Å². The number of hydrogen-bond donors (Lipinski definition) is 1. The van der Waals surface area contributed by atoms with Crippen molar-refractivity contribution >= 4 is 51.5 Å². The Morgan fingerprint density at radius 3 is 2.81 bits per heavy atom. The summed E-state index contributed by atoms with van der Waals surface area (Å²) in [5, 5.41) is 9.77. The first-order valence-corrected chi connectivity index (χ1v) is 9.95. The van der Waals surface area contributed by atoms with Crippen LogP contribution in [0.3, 0.4) is 0 Å². The Hall–Kier alpha value is -1.60. The van der Waals surface area contributed by atoms with Gasteiger partial charge in [-0.3, -0.25) is 9.48 Å². The Kier molecular flexibility index (Phi) is 6.11. The molecule has 1 aromatic carbocycles. The normalized spacial score (nSPS) is 17.1. The molecule has 4 rings (SSSR count). The van der Waals surface area contributed by atoms with Crippen LogP contribution in [0.4, 0.5) is 0 Å². The number of benzene rings is 1. The number of aryl methyl sites for hydroxylation is 1. The molecule has 0 radical (unpaired) electrons. The first-order chi connectivity index (χ1) is 12.5. The predicted molar refractivity (Wildman–Crippen MR) is 114 cm³/mol. The van der Waals surface area contributed by atoms with Gasteiger partial charge in [-0.25, -0.2) is 0 Å². The van der Waals surface area contributed by atoms with Crippen LogP contribution in [0.2, 0.25) is 5.02 Å². The zero-order chi connectivity index (χ0) is 18.3. The van der Waals surface area contributed by atoms with Crippen molar-refractivity contribution in [2.24, 2.45) is 0 Å². The van der Waals surface area contributed by atoms with Crippen LogP contribution in [0, 0.1) is 6.92 Å². The third kappa shape index (κ3) is 3.99. The van der Waals surface area contributed by atoms with E-state index in [1.807, 2.05) is 46.8 Å². The van der Waals surface area contributed by atoms with Gasteiger partial charge in [0.2, 0.25) is 0 Å². The highest BCUT2D eigenvalue weighted by Gasteiger charge is 2.26. The summed E-state index contributed by atoms with van der Waals surface area (Å²) in [5.74, 6) is 0.123. The number of hydrogen-bond acceptors (Lipinski definition) is 4. The minimum absolute atomic E-state index is 0. The number of fused-ring (bicyclic) bond motifs is 1. The highest BCUT2D eigenvalue weighted by molar-refractivity contribution is 7.20. The van der Waals surface area contributed by atoms with Gasteiger partial charge < -0.3 is 10.2 Å². The highest BCUT2D eigenvalue weighted by atomic mass is 35.5. The molecule has 8 heteroatoms. The van der Waals surface area contributed by atoms with Crippen molar-refractivity contribution in [3.8, 4) is 0 Å². The monoisotopic (exact) mass is 424 g/mol. The van der Waals surface area contributed by atoms with Crippen LogP contribution < -0.4 is 5.32 Å². The zero-order valence-corrected chi connectivity index (χ0v) is 17.6. The minimum atomic E-state index is 0. The van der Waals surface area contributed by atoms with E-state index in [4.69, 9.17) is 11.6 Å². The van der Waals surface area contributed by atoms with Crippen LogP contribution in [-0.4, -0.2) is 46.3 Å². The maximum atomic E-state index is 13.0. The van der Waals surface area contributed by atoms with Crippen LogP contribution in [0.25, 0.3) is 10.2 Å². The molecule has 3 aromatic rings. The molecule has 1 amide bonds. The van der Waals surface area contributed by atoms with E-state index in [9.17, 15) is 4.79 Å². The largest absolute Gasteiger partial charge is 0.333 e. The molecule has 0 aliphatic carbocycles. The molecular weight excluding hydrogens is 403 g/mol. The Balaban J connectivity index is 0.00000210. The van der Waals surface area contributed by atoms with Gasteiger partial charge in [-0.05, 0) is 37.6 Å². The van der Waals surface area contributed by atoms with E-state index in [1.165, 1.54) is 11.3 Å². The maximum Gasteiger partial charge on any atom is 0.264 e. The van der Waals surface area contributed by atoms with Gasteiger partial charge in [0.05, 0.1) is 17.1 Å². The molecule has 144 valence electrons. The molecule has 1 atom stereocenters. The summed E-state index contributed by atoms with van der Waals surface area (Å²) in [6.45, 7) is 7.20. The van der Waals surface area contributed by atoms with Gasteiger partial charge in [-0.1, -0.05) is 23.7 Å². The number of rotatable bonds is 3. The van der Waals surface area contributed by atoms with Crippen molar-refractivity contribution in [3.63, 3.8) is 0 Å². The maximum absolute atomic E-state index is 13.0. The summed E-state index contributed by atoms with van der Waals surface area (Å²) in [6.07, 6.45) is 0. The molecule has 5 nitrogen and oxygen atoms in total. The van der Waals surface area contributed by atoms with Gasteiger partial charge in [0.1, 0.15) is 4.83 Å². The molecule has 1 aliphatic heterocycles. The van der Waals surface area contributed by atoms with Crippen LogP contribution in [0.1, 0.15) is 27.9 Å². The Morgan fingerprint density at radius 1 is 1.37 bits per heavy atom. The molecule has 1 fully saturated rings. The number of nitrogens with one attached hydrogen (secondary N) is 1. The van der Waals surface area contributed by atoms with E-state index in [2.05, 4.69) is 17.3 Å². The van der Waals surface area contributed by atoms with Crippen molar-refractivity contribution in [3.05, 3.63) is 51.5 Å². The van der Waals surface area contributed by atoms with Crippen molar-refractivity contribution in [2.45, 2.75) is 26.4 Å². The van der Waals surface area contributed by atoms with Crippen LogP contribution >= 0.6 is 35.3 Å². The summed E-state index contributed by atoms with van der Waals surface area (Å²) >= 11 is 7.50. The molecule has 1 unspecified atom stereocenters. The molecule has 2 aromatic heterocycles. The summed E-state index contributed by atoms with van der Waals surface area (Å²) in [6, 6.07) is 10.0. The molecule has 1 aliphatic rings. The SMILES string of the molecule is Cc1nn(Cc2ccc(Cl)cc2)c2sc(C(=O)N3CCNCC3C)cc12.Cl. The minimum Gasteiger partial charge on any atom is -0.333 e. The third-order valence-electron chi connectivity index (χ3n) is 4.83. The van der Waals surface area contributed by atoms with Gasteiger partial charge >= 0.3 is 0 Å². The lowest BCUT2D eigenvalue weighted by Gasteiger charge is -2.33. The molecule has 27 heavy (non-hydrogen) atoms. The van der Waals surface area contributed by atoms with Crippen molar-refractivity contribution < 1.29 is 4.79 Å². The summed E-state index contributed by atoms with van der Waals surface area (Å²) < 4.78 is 1.98. The number of aromatic nitrogens is 2. The second-order valence-corrected chi connectivity index (χ2v) is 8.22. The van der Waals surface area contributed by atoms with E-state index in [1.54, 1.807) is 0 Å². The first kappa shape index (κ1) is 20.1. The molecule has 0 bridgehead atoms. The number of thiophene rings is 1. The first-order valence-electron chi connectivity index (χ1n) is 8.76. The second-order valence-electron chi connectivity index (χ2n) is 6.75. The van der Waals surface area contributed by atoms with Crippen molar-refractivity contribution in [2.75, 3.05) is 19.6 Å². The molecule has 1 N–H and O–H groups in total.